The Labute approximate surface area is 107 Å². The Kier molecular flexibility index (Phi) is 7.22. The summed E-state index contributed by atoms with van der Waals surface area (Å²) in [7, 11) is 0. The topological polar surface area (TPSA) is 35.5 Å². The zero-order chi connectivity index (χ0) is 13.2. The van der Waals surface area contributed by atoms with Gasteiger partial charge in [0.1, 0.15) is 5.82 Å². The van der Waals surface area contributed by atoms with Gasteiger partial charge in [0, 0.05) is 18.6 Å². The van der Waals surface area contributed by atoms with Crippen molar-refractivity contribution >= 4 is 5.78 Å². The van der Waals surface area contributed by atoms with Crippen molar-refractivity contribution in [1.82, 2.24) is 0 Å². The van der Waals surface area contributed by atoms with Crippen LogP contribution in [-0.2, 0) is 9.47 Å². The first-order valence-corrected chi connectivity index (χ1v) is 6.18. The highest BCUT2D eigenvalue weighted by Crippen LogP contribution is 2.05. The molecular weight excluding hydrogens is 235 g/mol. The number of halogens is 1. The number of carbonyl (C=O) groups is 1. The molecule has 0 N–H and O–H groups in total. The fourth-order valence-corrected chi connectivity index (χ4v) is 1.41. The predicted molar refractivity (Wildman–Crippen MR) is 67.3 cm³/mol. The van der Waals surface area contributed by atoms with Gasteiger partial charge in [0.05, 0.1) is 19.8 Å². The molecule has 18 heavy (non-hydrogen) atoms. The van der Waals surface area contributed by atoms with E-state index < -0.39 is 0 Å². The minimum Gasteiger partial charge on any atom is -0.379 e. The van der Waals surface area contributed by atoms with E-state index in [2.05, 4.69) is 0 Å². The predicted octanol–water partition coefficient (Wildman–Crippen LogP) is 2.84. The third-order valence-corrected chi connectivity index (χ3v) is 2.36. The lowest BCUT2D eigenvalue weighted by molar-refractivity contribution is 0.0458. The number of hydrogen-bond donors (Lipinski definition) is 0. The number of rotatable bonds is 9. The first-order valence-electron chi connectivity index (χ1n) is 6.18. The summed E-state index contributed by atoms with van der Waals surface area (Å²) in [6.45, 7) is 4.20. The van der Waals surface area contributed by atoms with Crippen LogP contribution < -0.4 is 0 Å². The summed E-state index contributed by atoms with van der Waals surface area (Å²) >= 11 is 0. The van der Waals surface area contributed by atoms with Gasteiger partial charge in [0.15, 0.2) is 5.78 Å². The lowest BCUT2D eigenvalue weighted by Crippen LogP contribution is -2.09. The summed E-state index contributed by atoms with van der Waals surface area (Å²) in [6.07, 6.45) is 1.29. The Morgan fingerprint density at radius 1 is 1.06 bits per heavy atom. The molecule has 0 aliphatic heterocycles. The van der Waals surface area contributed by atoms with Crippen LogP contribution in [-0.4, -0.2) is 32.2 Å². The molecule has 100 valence electrons. The fraction of sp³-hybridized carbons (Fsp3) is 0.500. The zero-order valence-corrected chi connectivity index (χ0v) is 10.7. The van der Waals surface area contributed by atoms with E-state index in [1.165, 1.54) is 24.3 Å². The van der Waals surface area contributed by atoms with Crippen LogP contribution in [0, 0.1) is 5.82 Å². The second-order valence-corrected chi connectivity index (χ2v) is 3.90. The Bertz CT molecular complexity index is 349. The number of ketones is 1. The van der Waals surface area contributed by atoms with Crippen LogP contribution in [0.2, 0.25) is 0 Å². The molecule has 0 heterocycles. The monoisotopic (exact) mass is 254 g/mol. The van der Waals surface area contributed by atoms with Crippen molar-refractivity contribution < 1.29 is 18.7 Å². The number of ether oxygens (including phenoxy) is 2. The standard InChI is InChI=1S/C14H19FO3/c1-2-8-17-10-11-18-9-7-14(16)12-3-5-13(15)6-4-12/h3-6H,2,7-11H2,1H3. The minimum atomic E-state index is -0.337. The van der Waals surface area contributed by atoms with E-state index in [4.69, 9.17) is 9.47 Å². The minimum absolute atomic E-state index is 0.0375. The Morgan fingerprint density at radius 2 is 1.67 bits per heavy atom. The van der Waals surface area contributed by atoms with Crippen LogP contribution in [0.25, 0.3) is 0 Å². The highest BCUT2D eigenvalue weighted by atomic mass is 19.1. The molecule has 3 nitrogen and oxygen atoms in total. The van der Waals surface area contributed by atoms with Crippen LogP contribution in [0.1, 0.15) is 30.1 Å². The van der Waals surface area contributed by atoms with Crippen LogP contribution >= 0.6 is 0 Å². The van der Waals surface area contributed by atoms with Gasteiger partial charge < -0.3 is 9.47 Å². The van der Waals surface area contributed by atoms with Gasteiger partial charge in [-0.15, -0.1) is 0 Å². The van der Waals surface area contributed by atoms with Gasteiger partial charge >= 0.3 is 0 Å². The normalized spacial score (nSPS) is 10.6. The third-order valence-electron chi connectivity index (χ3n) is 2.36. The molecule has 0 unspecified atom stereocenters. The van der Waals surface area contributed by atoms with E-state index >= 15 is 0 Å². The summed E-state index contributed by atoms with van der Waals surface area (Å²) in [5.41, 5.74) is 0.516. The molecule has 0 aliphatic carbocycles. The summed E-state index contributed by atoms with van der Waals surface area (Å²) in [4.78, 5) is 11.7. The molecule has 0 atom stereocenters. The van der Waals surface area contributed by atoms with E-state index in [0.717, 1.165) is 13.0 Å². The van der Waals surface area contributed by atoms with Crippen molar-refractivity contribution in [3.8, 4) is 0 Å². The van der Waals surface area contributed by atoms with Gasteiger partial charge in [-0.05, 0) is 30.7 Å². The molecule has 0 fully saturated rings. The smallest absolute Gasteiger partial charge is 0.165 e. The van der Waals surface area contributed by atoms with E-state index in [1.807, 2.05) is 6.92 Å². The van der Waals surface area contributed by atoms with Gasteiger partial charge in [-0.25, -0.2) is 4.39 Å². The molecule has 1 aromatic rings. The summed E-state index contributed by atoms with van der Waals surface area (Å²) in [6, 6.07) is 5.55. The molecule has 0 aliphatic rings. The van der Waals surface area contributed by atoms with E-state index in [-0.39, 0.29) is 11.6 Å². The van der Waals surface area contributed by atoms with Gasteiger partial charge in [0.25, 0.3) is 0 Å². The maximum Gasteiger partial charge on any atom is 0.165 e. The van der Waals surface area contributed by atoms with E-state index in [0.29, 0.717) is 31.8 Å². The summed E-state index contributed by atoms with van der Waals surface area (Å²) in [5, 5.41) is 0. The number of benzene rings is 1. The molecule has 0 aromatic heterocycles. The van der Waals surface area contributed by atoms with E-state index in [1.54, 1.807) is 0 Å². The zero-order valence-electron chi connectivity index (χ0n) is 10.7. The maximum atomic E-state index is 12.7. The molecule has 0 spiro atoms. The Balaban J connectivity index is 2.12. The maximum absolute atomic E-state index is 12.7. The average Bonchev–Trinajstić information content (AvgIpc) is 2.38. The van der Waals surface area contributed by atoms with Crippen LogP contribution in [0.3, 0.4) is 0 Å². The summed E-state index contributed by atoms with van der Waals surface area (Å²) < 4.78 is 23.2. The van der Waals surface area contributed by atoms with Gasteiger partial charge in [-0.3, -0.25) is 4.79 Å². The van der Waals surface area contributed by atoms with Crippen LogP contribution in [0.5, 0.6) is 0 Å². The molecule has 0 saturated heterocycles. The van der Waals surface area contributed by atoms with E-state index in [9.17, 15) is 9.18 Å². The molecule has 1 aromatic carbocycles. The van der Waals surface area contributed by atoms with Crippen molar-refractivity contribution in [2.45, 2.75) is 19.8 Å². The quantitative estimate of drug-likeness (QED) is 0.502. The van der Waals surface area contributed by atoms with Gasteiger partial charge in [-0.1, -0.05) is 6.92 Å². The first kappa shape index (κ1) is 14.8. The van der Waals surface area contributed by atoms with Crippen molar-refractivity contribution in [3.63, 3.8) is 0 Å². The first-order chi connectivity index (χ1) is 8.74. The number of hydrogen-bond acceptors (Lipinski definition) is 3. The van der Waals surface area contributed by atoms with Gasteiger partial charge in [0.2, 0.25) is 0 Å². The van der Waals surface area contributed by atoms with Gasteiger partial charge in [-0.2, -0.15) is 0 Å². The molecule has 0 amide bonds. The summed E-state index contributed by atoms with van der Waals surface area (Å²) in [5.74, 6) is -0.375. The van der Waals surface area contributed by atoms with Crippen LogP contribution in [0.15, 0.2) is 24.3 Å². The third kappa shape index (κ3) is 5.89. The van der Waals surface area contributed by atoms with Crippen molar-refractivity contribution in [2.24, 2.45) is 0 Å². The van der Waals surface area contributed by atoms with Crippen molar-refractivity contribution in [1.29, 1.82) is 0 Å². The molecule has 0 saturated carbocycles. The highest BCUT2D eigenvalue weighted by molar-refractivity contribution is 5.96. The average molecular weight is 254 g/mol. The Morgan fingerprint density at radius 3 is 2.28 bits per heavy atom. The largest absolute Gasteiger partial charge is 0.379 e. The van der Waals surface area contributed by atoms with Crippen LogP contribution in [0.4, 0.5) is 4.39 Å². The van der Waals surface area contributed by atoms with Crippen molar-refractivity contribution in [3.05, 3.63) is 35.6 Å². The van der Waals surface area contributed by atoms with Crippen molar-refractivity contribution in [2.75, 3.05) is 26.4 Å². The number of carbonyl (C=O) groups excluding carboxylic acids is 1. The second-order valence-electron chi connectivity index (χ2n) is 3.90. The second kappa shape index (κ2) is 8.78. The SMILES string of the molecule is CCCOCCOCCC(=O)c1ccc(F)cc1. The lowest BCUT2D eigenvalue weighted by atomic mass is 10.1. The number of Topliss-reactive ketones (excluding diaryl/α,β-unsaturated/α-hetero) is 1. The molecule has 1 rings (SSSR count). The molecule has 0 radical (unpaired) electrons. The highest BCUT2D eigenvalue weighted by Gasteiger charge is 2.05. The fourth-order valence-electron chi connectivity index (χ4n) is 1.41. The molecule has 0 bridgehead atoms. The molecule has 4 heteroatoms. The Hall–Kier alpha value is -1.26. The lowest BCUT2D eigenvalue weighted by Gasteiger charge is -2.04. The molecular formula is C14H19FO3.